The van der Waals surface area contributed by atoms with Crippen molar-refractivity contribution in [1.29, 1.82) is 0 Å². The number of hydrogen-bond acceptors (Lipinski definition) is 3. The van der Waals surface area contributed by atoms with E-state index in [2.05, 4.69) is 0 Å². The van der Waals surface area contributed by atoms with E-state index in [1.807, 2.05) is 0 Å². The zero-order chi connectivity index (χ0) is 26.1. The lowest BCUT2D eigenvalue weighted by Crippen LogP contribution is -2.67. The summed E-state index contributed by atoms with van der Waals surface area (Å²) in [5.41, 5.74) is -8.91. The van der Waals surface area contributed by atoms with Crippen molar-refractivity contribution in [2.45, 2.75) is 65.4 Å². The van der Waals surface area contributed by atoms with Gasteiger partial charge in [-0.25, -0.2) is 0 Å². The lowest BCUT2D eigenvalue weighted by molar-refractivity contribution is -0.191. The highest BCUT2D eigenvalue weighted by Crippen LogP contribution is 2.53. The van der Waals surface area contributed by atoms with Crippen molar-refractivity contribution in [3.63, 3.8) is 0 Å². The molecule has 1 atom stereocenters. The molecule has 0 radical (unpaired) electrons. The maximum atomic E-state index is 14.7. The Labute approximate surface area is 192 Å². The van der Waals surface area contributed by atoms with Crippen LogP contribution >= 0.6 is 0 Å². The van der Waals surface area contributed by atoms with Gasteiger partial charge in [-0.15, -0.1) is 0 Å². The number of halogens is 6. The highest BCUT2D eigenvalue weighted by molar-refractivity contribution is 6.20. The van der Waals surface area contributed by atoms with Gasteiger partial charge in [0, 0.05) is 23.2 Å². The summed E-state index contributed by atoms with van der Waals surface area (Å²) < 4.78 is 84.0. The molecule has 0 unspecified atom stereocenters. The molecule has 1 heterocycles. The van der Waals surface area contributed by atoms with Crippen LogP contribution in [0.4, 0.5) is 32.0 Å². The second-order valence-electron chi connectivity index (χ2n) is 10.4. The number of carbonyl (C=O) groups is 3. The Morgan fingerprint density at radius 2 is 1.59 bits per heavy atom. The zero-order valence-electron chi connectivity index (χ0n) is 19.2. The van der Waals surface area contributed by atoms with Gasteiger partial charge in [0.1, 0.15) is 0 Å². The van der Waals surface area contributed by atoms with Gasteiger partial charge in [-0.1, -0.05) is 40.7 Å². The van der Waals surface area contributed by atoms with Crippen LogP contribution in [0.2, 0.25) is 0 Å². The molecular formula is C23H24F6N2O3. The lowest BCUT2D eigenvalue weighted by Gasteiger charge is -2.37. The van der Waals surface area contributed by atoms with Crippen LogP contribution in [0.1, 0.15) is 53.0 Å². The van der Waals surface area contributed by atoms with Crippen molar-refractivity contribution >= 4 is 23.3 Å². The van der Waals surface area contributed by atoms with Gasteiger partial charge in [0.05, 0.1) is 11.1 Å². The van der Waals surface area contributed by atoms with Gasteiger partial charge >= 0.3 is 12.4 Å². The minimum Gasteiger partial charge on any atom is -0.330 e. The molecule has 0 fully saturated rings. The monoisotopic (exact) mass is 490 g/mol. The summed E-state index contributed by atoms with van der Waals surface area (Å²) in [7, 11) is 0. The Morgan fingerprint density at radius 1 is 1.00 bits per heavy atom. The van der Waals surface area contributed by atoms with Gasteiger partial charge in [0.2, 0.25) is 11.4 Å². The summed E-state index contributed by atoms with van der Waals surface area (Å²) in [6.07, 6.45) is -10.8. The van der Waals surface area contributed by atoms with E-state index in [4.69, 9.17) is 0 Å². The number of allylic oxidation sites excluding steroid dienone is 1. The van der Waals surface area contributed by atoms with Crippen LogP contribution in [-0.2, 0) is 20.6 Å². The quantitative estimate of drug-likeness (QED) is 0.583. The van der Waals surface area contributed by atoms with Crippen LogP contribution < -0.4 is 10.2 Å². The van der Waals surface area contributed by atoms with Crippen molar-refractivity contribution in [2.75, 3.05) is 4.90 Å². The predicted molar refractivity (Wildman–Crippen MR) is 110 cm³/mol. The number of ketones is 1. The van der Waals surface area contributed by atoms with Crippen molar-refractivity contribution in [1.82, 2.24) is 5.32 Å². The van der Waals surface area contributed by atoms with Crippen LogP contribution in [0.15, 0.2) is 35.5 Å². The molecule has 34 heavy (non-hydrogen) atoms. The molecule has 0 aromatic heterocycles. The average molecular weight is 490 g/mol. The molecule has 3 rings (SSSR count). The Bertz CT molecular complexity index is 1100. The second kappa shape index (κ2) is 7.58. The molecular weight excluding hydrogens is 466 g/mol. The topological polar surface area (TPSA) is 66.5 Å². The zero-order valence-corrected chi connectivity index (χ0v) is 19.2. The number of nitrogens with zero attached hydrogens (tertiary/aromatic N) is 1. The summed E-state index contributed by atoms with van der Waals surface area (Å²) in [6, 6.07) is 3.28. The molecule has 2 amide bonds. The fourth-order valence-electron chi connectivity index (χ4n) is 4.20. The summed E-state index contributed by atoms with van der Waals surface area (Å²) in [6.45, 7) is 7.20. The number of nitrogens with one attached hydrogen (secondary N) is 1. The SMILES string of the molecule is CC1(C)CC(=O)C2=C(C1)N(c1cccc(C(F)(F)F)c1)C(=O)[C@]2(NC(=O)C(C)(C)C)C(F)(F)F. The summed E-state index contributed by atoms with van der Waals surface area (Å²) in [4.78, 5) is 39.8. The molecule has 5 nitrogen and oxygen atoms in total. The first kappa shape index (κ1) is 25.8. The normalized spacial score (nSPS) is 23.3. The van der Waals surface area contributed by atoms with E-state index < -0.39 is 63.1 Å². The third-order valence-electron chi connectivity index (χ3n) is 5.86. The molecule has 0 saturated carbocycles. The Hall–Kier alpha value is -2.85. The molecule has 0 spiro atoms. The van der Waals surface area contributed by atoms with E-state index in [0.717, 1.165) is 12.1 Å². The maximum Gasteiger partial charge on any atom is 0.425 e. The van der Waals surface area contributed by atoms with E-state index in [0.29, 0.717) is 17.0 Å². The maximum absolute atomic E-state index is 14.7. The molecule has 0 saturated heterocycles. The number of benzene rings is 1. The first-order valence-electron chi connectivity index (χ1n) is 10.4. The molecule has 186 valence electrons. The molecule has 11 heteroatoms. The van der Waals surface area contributed by atoms with E-state index in [1.165, 1.54) is 20.8 Å². The standard InChI is InChI=1S/C23H24F6N2O3/c1-19(2,3)17(33)30-21(23(27,28)29)16-14(10-20(4,5)11-15(16)32)31(18(21)34)13-8-6-7-12(9-13)22(24,25)26/h6-9H,10-11H2,1-5H3,(H,30,33)/t21-/m0/s1. The van der Waals surface area contributed by atoms with E-state index in [-0.39, 0.29) is 18.5 Å². The smallest absolute Gasteiger partial charge is 0.330 e. The molecule has 0 bridgehead atoms. The van der Waals surface area contributed by atoms with Crippen LogP contribution in [0.3, 0.4) is 0 Å². The molecule has 1 aliphatic carbocycles. The number of anilines is 1. The summed E-state index contributed by atoms with van der Waals surface area (Å²) >= 11 is 0. The van der Waals surface area contributed by atoms with Gasteiger partial charge < -0.3 is 5.32 Å². The minimum atomic E-state index is -5.45. The first-order chi connectivity index (χ1) is 15.2. The number of Topliss-reactive ketones (excluding diaryl/α,β-unsaturated/α-hetero) is 1. The Balaban J connectivity index is 2.34. The Kier molecular flexibility index (Phi) is 5.74. The van der Waals surface area contributed by atoms with Gasteiger partial charge in [0.25, 0.3) is 5.91 Å². The van der Waals surface area contributed by atoms with E-state index >= 15 is 0 Å². The van der Waals surface area contributed by atoms with Gasteiger partial charge in [-0.05, 0) is 30.0 Å². The van der Waals surface area contributed by atoms with Gasteiger partial charge in [0.15, 0.2) is 5.78 Å². The summed E-state index contributed by atoms with van der Waals surface area (Å²) in [5, 5.41) is 1.77. The van der Waals surface area contributed by atoms with Crippen molar-refractivity contribution in [3.8, 4) is 0 Å². The second-order valence-corrected chi connectivity index (χ2v) is 10.4. The lowest BCUT2D eigenvalue weighted by atomic mass is 9.72. The third-order valence-corrected chi connectivity index (χ3v) is 5.86. The number of rotatable bonds is 2. The van der Waals surface area contributed by atoms with Crippen molar-refractivity contribution in [3.05, 3.63) is 41.1 Å². The average Bonchev–Trinajstić information content (AvgIpc) is 2.88. The van der Waals surface area contributed by atoms with Crippen LogP contribution in [0, 0.1) is 10.8 Å². The largest absolute Gasteiger partial charge is 0.425 e. The van der Waals surface area contributed by atoms with Crippen molar-refractivity contribution < 1.29 is 40.7 Å². The van der Waals surface area contributed by atoms with Crippen LogP contribution in [0.25, 0.3) is 0 Å². The first-order valence-corrected chi connectivity index (χ1v) is 10.4. The molecule has 2 aliphatic rings. The van der Waals surface area contributed by atoms with Crippen LogP contribution in [-0.4, -0.2) is 29.3 Å². The predicted octanol–water partition coefficient (Wildman–Crippen LogP) is 5.16. The number of alkyl halides is 6. The van der Waals surface area contributed by atoms with Gasteiger partial charge in [-0.2, -0.15) is 26.3 Å². The number of hydrogen-bond donors (Lipinski definition) is 1. The molecule has 1 N–H and O–H groups in total. The molecule has 1 aromatic carbocycles. The third kappa shape index (κ3) is 4.09. The number of amides is 2. The fraction of sp³-hybridized carbons (Fsp3) is 0.522. The highest BCUT2D eigenvalue weighted by atomic mass is 19.4. The molecule has 1 aromatic rings. The Morgan fingerprint density at radius 3 is 2.09 bits per heavy atom. The summed E-state index contributed by atoms with van der Waals surface area (Å²) in [5.74, 6) is -3.89. The molecule has 1 aliphatic heterocycles. The van der Waals surface area contributed by atoms with Gasteiger partial charge in [-0.3, -0.25) is 19.3 Å². The van der Waals surface area contributed by atoms with E-state index in [9.17, 15) is 40.7 Å². The van der Waals surface area contributed by atoms with Crippen LogP contribution in [0.5, 0.6) is 0 Å². The highest BCUT2D eigenvalue weighted by Gasteiger charge is 2.72. The van der Waals surface area contributed by atoms with E-state index in [1.54, 1.807) is 19.2 Å². The fourth-order valence-corrected chi connectivity index (χ4v) is 4.20. The number of carbonyl (C=O) groups excluding carboxylic acids is 3. The van der Waals surface area contributed by atoms with Crippen molar-refractivity contribution in [2.24, 2.45) is 10.8 Å². The minimum absolute atomic E-state index is 0.195.